The van der Waals surface area contributed by atoms with Crippen molar-refractivity contribution in [2.75, 3.05) is 20.1 Å². The minimum atomic E-state index is 0.886. The molecule has 0 saturated heterocycles. The largest absolute Gasteiger partial charge is 0.468 e. The summed E-state index contributed by atoms with van der Waals surface area (Å²) in [5.74, 6) is 1.10. The molecule has 3 nitrogen and oxygen atoms in total. The van der Waals surface area contributed by atoms with Gasteiger partial charge in [0.1, 0.15) is 5.76 Å². The van der Waals surface area contributed by atoms with Crippen LogP contribution in [0.3, 0.4) is 0 Å². The van der Waals surface area contributed by atoms with E-state index in [0.29, 0.717) is 0 Å². The summed E-state index contributed by atoms with van der Waals surface area (Å²) in [6.07, 6.45) is 4.30. The molecule has 0 radical (unpaired) electrons. The third-order valence-electron chi connectivity index (χ3n) is 2.85. The molecule has 0 spiro atoms. The molecule has 0 aliphatic heterocycles. The van der Waals surface area contributed by atoms with Gasteiger partial charge in [-0.2, -0.15) is 0 Å². The third-order valence-corrected chi connectivity index (χ3v) is 2.85. The molecule has 0 aliphatic carbocycles. The Bertz CT molecular complexity index is 283. The molecule has 0 atom stereocenters. The summed E-state index contributed by atoms with van der Waals surface area (Å²) in [6.45, 7) is 8.49. The highest BCUT2D eigenvalue weighted by Crippen LogP contribution is 2.13. The van der Waals surface area contributed by atoms with Gasteiger partial charge in [0.2, 0.25) is 0 Å². The summed E-state index contributed by atoms with van der Waals surface area (Å²) in [5, 5.41) is 3.17. The molecule has 1 rings (SSSR count). The van der Waals surface area contributed by atoms with Crippen LogP contribution in [0, 0.1) is 0 Å². The van der Waals surface area contributed by atoms with E-state index in [1.54, 1.807) is 6.26 Å². The van der Waals surface area contributed by atoms with E-state index >= 15 is 0 Å². The van der Waals surface area contributed by atoms with Crippen LogP contribution >= 0.6 is 0 Å². The molecule has 1 N–H and O–H groups in total. The normalized spacial score (nSPS) is 11.2. The molecule has 3 heteroatoms. The van der Waals surface area contributed by atoms with Gasteiger partial charge in [-0.1, -0.05) is 20.3 Å². The van der Waals surface area contributed by atoms with Gasteiger partial charge in [0.05, 0.1) is 12.8 Å². The van der Waals surface area contributed by atoms with Crippen LogP contribution in [-0.4, -0.2) is 25.0 Å². The average molecular weight is 224 g/mol. The predicted molar refractivity (Wildman–Crippen MR) is 67.3 cm³/mol. The van der Waals surface area contributed by atoms with Crippen LogP contribution in [0.4, 0.5) is 0 Å². The van der Waals surface area contributed by atoms with Crippen LogP contribution in [0.25, 0.3) is 0 Å². The van der Waals surface area contributed by atoms with Crippen LogP contribution in [0.2, 0.25) is 0 Å². The third kappa shape index (κ3) is 3.99. The Morgan fingerprint density at radius 2 is 2.19 bits per heavy atom. The molecule has 0 bridgehead atoms. The Morgan fingerprint density at radius 1 is 1.38 bits per heavy atom. The highest BCUT2D eigenvalue weighted by atomic mass is 16.3. The molecule has 92 valence electrons. The summed E-state index contributed by atoms with van der Waals surface area (Å²) in [7, 11) is 1.96. The van der Waals surface area contributed by atoms with Gasteiger partial charge in [-0.05, 0) is 32.6 Å². The Balaban J connectivity index is 2.51. The SMILES string of the molecule is CCCCN(CC)Cc1occc1CNC. The number of nitrogens with one attached hydrogen (secondary N) is 1. The van der Waals surface area contributed by atoms with Crippen molar-refractivity contribution < 1.29 is 4.42 Å². The number of rotatable bonds is 8. The molecule has 1 aromatic heterocycles. The van der Waals surface area contributed by atoms with Crippen molar-refractivity contribution in [3.05, 3.63) is 23.7 Å². The molecule has 0 fully saturated rings. The summed E-state index contributed by atoms with van der Waals surface area (Å²) in [6, 6.07) is 2.06. The van der Waals surface area contributed by atoms with Crippen molar-refractivity contribution >= 4 is 0 Å². The van der Waals surface area contributed by atoms with Gasteiger partial charge < -0.3 is 9.73 Å². The van der Waals surface area contributed by atoms with Crippen LogP contribution in [0.5, 0.6) is 0 Å². The first-order valence-corrected chi connectivity index (χ1v) is 6.24. The molecule has 1 aromatic rings. The molecule has 16 heavy (non-hydrogen) atoms. The lowest BCUT2D eigenvalue weighted by atomic mass is 10.2. The van der Waals surface area contributed by atoms with Crippen LogP contribution in [-0.2, 0) is 13.1 Å². The molecule has 1 heterocycles. The zero-order valence-electron chi connectivity index (χ0n) is 10.8. The lowest BCUT2D eigenvalue weighted by molar-refractivity contribution is 0.251. The first-order chi connectivity index (χ1) is 7.81. The maximum absolute atomic E-state index is 5.55. The van der Waals surface area contributed by atoms with E-state index in [1.165, 1.54) is 18.4 Å². The number of hydrogen-bond donors (Lipinski definition) is 1. The molecular formula is C13H24N2O. The summed E-state index contributed by atoms with van der Waals surface area (Å²) in [4.78, 5) is 2.43. The summed E-state index contributed by atoms with van der Waals surface area (Å²) < 4.78 is 5.55. The van der Waals surface area contributed by atoms with Crippen molar-refractivity contribution in [3.63, 3.8) is 0 Å². The van der Waals surface area contributed by atoms with E-state index in [0.717, 1.165) is 31.9 Å². The van der Waals surface area contributed by atoms with E-state index in [4.69, 9.17) is 4.42 Å². The molecular weight excluding hydrogens is 200 g/mol. The van der Waals surface area contributed by atoms with Gasteiger partial charge in [0.15, 0.2) is 0 Å². The molecule has 0 unspecified atom stereocenters. The average Bonchev–Trinajstić information content (AvgIpc) is 2.72. The van der Waals surface area contributed by atoms with E-state index < -0.39 is 0 Å². The number of hydrogen-bond acceptors (Lipinski definition) is 3. The van der Waals surface area contributed by atoms with Crippen molar-refractivity contribution in [2.45, 2.75) is 39.8 Å². The highest BCUT2D eigenvalue weighted by molar-refractivity contribution is 5.16. The summed E-state index contributed by atoms with van der Waals surface area (Å²) >= 11 is 0. The second-order valence-electron chi connectivity index (χ2n) is 4.12. The van der Waals surface area contributed by atoms with E-state index in [9.17, 15) is 0 Å². The quantitative estimate of drug-likeness (QED) is 0.736. The molecule has 0 aromatic carbocycles. The lowest BCUT2D eigenvalue weighted by Gasteiger charge is -2.19. The Hall–Kier alpha value is -0.800. The maximum Gasteiger partial charge on any atom is 0.122 e. The zero-order valence-corrected chi connectivity index (χ0v) is 10.8. The van der Waals surface area contributed by atoms with Crippen molar-refractivity contribution in [1.82, 2.24) is 10.2 Å². The fourth-order valence-electron chi connectivity index (χ4n) is 1.79. The molecule has 0 aliphatic rings. The fraction of sp³-hybridized carbons (Fsp3) is 0.692. The zero-order chi connectivity index (χ0) is 11.8. The van der Waals surface area contributed by atoms with Crippen LogP contribution < -0.4 is 5.32 Å². The Kier molecular flexibility index (Phi) is 6.19. The van der Waals surface area contributed by atoms with Crippen LogP contribution in [0.1, 0.15) is 38.0 Å². The van der Waals surface area contributed by atoms with Crippen molar-refractivity contribution in [2.24, 2.45) is 0 Å². The minimum absolute atomic E-state index is 0.886. The first-order valence-electron chi connectivity index (χ1n) is 6.24. The minimum Gasteiger partial charge on any atom is -0.468 e. The van der Waals surface area contributed by atoms with Crippen molar-refractivity contribution in [3.8, 4) is 0 Å². The van der Waals surface area contributed by atoms with E-state index in [1.807, 2.05) is 7.05 Å². The van der Waals surface area contributed by atoms with E-state index in [2.05, 4.69) is 30.1 Å². The second kappa shape index (κ2) is 7.47. The van der Waals surface area contributed by atoms with Gasteiger partial charge in [-0.25, -0.2) is 0 Å². The van der Waals surface area contributed by atoms with Gasteiger partial charge in [0, 0.05) is 12.1 Å². The fourth-order valence-corrected chi connectivity index (χ4v) is 1.79. The van der Waals surface area contributed by atoms with Crippen molar-refractivity contribution in [1.29, 1.82) is 0 Å². The topological polar surface area (TPSA) is 28.4 Å². The lowest BCUT2D eigenvalue weighted by Crippen LogP contribution is -2.24. The highest BCUT2D eigenvalue weighted by Gasteiger charge is 2.09. The smallest absolute Gasteiger partial charge is 0.122 e. The number of unbranched alkanes of at least 4 members (excludes halogenated alkanes) is 1. The van der Waals surface area contributed by atoms with E-state index in [-0.39, 0.29) is 0 Å². The molecule has 0 saturated carbocycles. The Morgan fingerprint density at radius 3 is 2.81 bits per heavy atom. The first kappa shape index (κ1) is 13.3. The Labute approximate surface area is 98.8 Å². The number of furan rings is 1. The van der Waals surface area contributed by atoms with Crippen LogP contribution in [0.15, 0.2) is 16.7 Å². The second-order valence-corrected chi connectivity index (χ2v) is 4.12. The van der Waals surface area contributed by atoms with Gasteiger partial charge in [-0.15, -0.1) is 0 Å². The maximum atomic E-state index is 5.55. The monoisotopic (exact) mass is 224 g/mol. The van der Waals surface area contributed by atoms with Gasteiger partial charge in [0.25, 0.3) is 0 Å². The number of nitrogens with zero attached hydrogens (tertiary/aromatic N) is 1. The summed E-state index contributed by atoms with van der Waals surface area (Å²) in [5.41, 5.74) is 1.28. The van der Waals surface area contributed by atoms with Gasteiger partial charge in [-0.3, -0.25) is 4.90 Å². The van der Waals surface area contributed by atoms with Gasteiger partial charge >= 0.3 is 0 Å². The molecule has 0 amide bonds. The predicted octanol–water partition coefficient (Wildman–Crippen LogP) is 2.62. The standard InChI is InChI=1S/C13H24N2O/c1-4-6-8-15(5-2)11-13-12(10-14-3)7-9-16-13/h7,9,14H,4-6,8,10-11H2,1-3H3.